The van der Waals surface area contributed by atoms with Crippen molar-refractivity contribution in [2.24, 2.45) is 5.92 Å². The van der Waals surface area contributed by atoms with Crippen LogP contribution in [0, 0.1) is 5.92 Å². The largest absolute Gasteiger partial charge is 0.573 e. The van der Waals surface area contributed by atoms with Crippen molar-refractivity contribution >= 4 is 24.0 Å². The fourth-order valence-electron chi connectivity index (χ4n) is 2.93. The van der Waals surface area contributed by atoms with Crippen LogP contribution in [-0.2, 0) is 0 Å². The molecule has 0 saturated carbocycles. The Labute approximate surface area is 167 Å². The number of halogens is 5. The first-order chi connectivity index (χ1) is 12.4. The van der Waals surface area contributed by atoms with Crippen LogP contribution in [0.25, 0.3) is 11.1 Å². The monoisotopic (exact) mass is 421 g/mol. The zero-order valence-corrected chi connectivity index (χ0v) is 16.0. The van der Waals surface area contributed by atoms with E-state index in [4.69, 9.17) is 16.3 Å². The smallest absolute Gasteiger partial charge is 0.489 e. The quantitative estimate of drug-likeness (QED) is 0.670. The molecule has 8 heteroatoms. The molecule has 0 bridgehead atoms. The predicted molar refractivity (Wildman–Crippen MR) is 102 cm³/mol. The van der Waals surface area contributed by atoms with E-state index < -0.39 is 6.36 Å². The summed E-state index contributed by atoms with van der Waals surface area (Å²) in [5, 5.41) is 3.80. The van der Waals surface area contributed by atoms with E-state index in [1.807, 2.05) is 6.07 Å². The van der Waals surface area contributed by atoms with Crippen molar-refractivity contribution in [2.45, 2.75) is 19.2 Å². The van der Waals surface area contributed by atoms with Gasteiger partial charge in [-0.1, -0.05) is 29.8 Å². The van der Waals surface area contributed by atoms with Crippen LogP contribution >= 0.6 is 24.0 Å². The summed E-state index contributed by atoms with van der Waals surface area (Å²) < 4.78 is 47.9. The van der Waals surface area contributed by atoms with Gasteiger partial charge in [-0.25, -0.2) is 0 Å². The second-order valence-corrected chi connectivity index (χ2v) is 6.66. The Balaban J connectivity index is 0.00000261. The highest BCUT2D eigenvalue weighted by Gasteiger charge is 2.32. The van der Waals surface area contributed by atoms with Crippen molar-refractivity contribution in [1.29, 1.82) is 0 Å². The van der Waals surface area contributed by atoms with E-state index in [0.717, 1.165) is 31.5 Å². The third-order valence-electron chi connectivity index (χ3n) is 4.26. The number of benzene rings is 2. The molecule has 1 saturated heterocycles. The molecule has 148 valence electrons. The molecule has 0 aromatic heterocycles. The van der Waals surface area contributed by atoms with Gasteiger partial charge in [-0.05, 0) is 67.2 Å². The Morgan fingerprint density at radius 1 is 1.00 bits per heavy atom. The summed E-state index contributed by atoms with van der Waals surface area (Å²) in [5.74, 6) is 0.0559. The molecule has 0 radical (unpaired) electrons. The van der Waals surface area contributed by atoms with E-state index in [1.54, 1.807) is 30.3 Å². The van der Waals surface area contributed by atoms with Crippen LogP contribution in [0.3, 0.4) is 0 Å². The van der Waals surface area contributed by atoms with Gasteiger partial charge in [-0.3, -0.25) is 0 Å². The molecule has 0 aliphatic carbocycles. The topological polar surface area (TPSA) is 30.5 Å². The molecule has 3 rings (SSSR count). The lowest BCUT2D eigenvalue weighted by molar-refractivity contribution is -0.275. The summed E-state index contributed by atoms with van der Waals surface area (Å²) >= 11 is 6.01. The summed E-state index contributed by atoms with van der Waals surface area (Å²) in [7, 11) is 0. The van der Waals surface area contributed by atoms with Crippen molar-refractivity contribution in [3.05, 3.63) is 47.5 Å². The fourth-order valence-corrected chi connectivity index (χ4v) is 3.12. The van der Waals surface area contributed by atoms with Gasteiger partial charge in [0, 0.05) is 5.02 Å². The maximum atomic E-state index is 12.7. The van der Waals surface area contributed by atoms with Gasteiger partial charge in [0.2, 0.25) is 0 Å². The lowest BCUT2D eigenvalue weighted by Gasteiger charge is -2.23. The first-order valence-electron chi connectivity index (χ1n) is 8.40. The second kappa shape index (κ2) is 9.53. The van der Waals surface area contributed by atoms with Crippen molar-refractivity contribution in [2.75, 3.05) is 19.7 Å². The molecule has 0 amide bonds. The van der Waals surface area contributed by atoms with Gasteiger partial charge in [0.05, 0.1) is 6.61 Å². The van der Waals surface area contributed by atoms with Gasteiger partial charge in [-0.2, -0.15) is 0 Å². The SMILES string of the molecule is Cl.FC(F)(F)Oc1ccc(-c2cccc(Cl)c2)cc1OCC1CCNCC1. The number of rotatable bonds is 5. The molecule has 27 heavy (non-hydrogen) atoms. The minimum absolute atomic E-state index is 0. The number of ether oxygens (including phenoxy) is 2. The third kappa shape index (κ3) is 6.48. The lowest BCUT2D eigenvalue weighted by atomic mass is 9.99. The van der Waals surface area contributed by atoms with Gasteiger partial charge in [0.1, 0.15) is 0 Å². The first-order valence-corrected chi connectivity index (χ1v) is 8.78. The first kappa shape index (κ1) is 21.7. The molecule has 1 aliphatic heterocycles. The Bertz CT molecular complexity index is 750. The van der Waals surface area contributed by atoms with Crippen molar-refractivity contribution < 1.29 is 22.6 Å². The number of hydrogen-bond donors (Lipinski definition) is 1. The van der Waals surface area contributed by atoms with Gasteiger partial charge in [0.15, 0.2) is 11.5 Å². The Morgan fingerprint density at radius 2 is 1.70 bits per heavy atom. The summed E-state index contributed by atoms with van der Waals surface area (Å²) in [5.41, 5.74) is 1.50. The minimum Gasteiger partial charge on any atom is -0.489 e. The maximum absolute atomic E-state index is 12.7. The van der Waals surface area contributed by atoms with Crippen molar-refractivity contribution in [3.8, 4) is 22.6 Å². The average molecular weight is 422 g/mol. The van der Waals surface area contributed by atoms with Crippen molar-refractivity contribution in [1.82, 2.24) is 5.32 Å². The zero-order valence-electron chi connectivity index (χ0n) is 14.4. The van der Waals surface area contributed by atoms with Crippen LogP contribution in [0.2, 0.25) is 5.02 Å². The van der Waals surface area contributed by atoms with Crippen LogP contribution in [0.5, 0.6) is 11.5 Å². The lowest BCUT2D eigenvalue weighted by Crippen LogP contribution is -2.30. The molecule has 1 heterocycles. The number of piperidine rings is 1. The standard InChI is InChI=1S/C19H19ClF3NO2.ClH/c20-16-3-1-2-14(10-16)15-4-5-17(26-19(21,22)23)18(11-15)25-12-13-6-8-24-9-7-13;/h1-5,10-11,13,24H,6-9,12H2;1H. The van der Waals surface area contributed by atoms with Gasteiger partial charge in [0.25, 0.3) is 0 Å². The Hall–Kier alpha value is -1.63. The van der Waals surface area contributed by atoms with E-state index >= 15 is 0 Å². The number of alkyl halides is 3. The van der Waals surface area contributed by atoms with Crippen LogP contribution in [-0.4, -0.2) is 26.1 Å². The van der Waals surface area contributed by atoms with Gasteiger partial charge >= 0.3 is 6.36 Å². The number of hydrogen-bond acceptors (Lipinski definition) is 3. The van der Waals surface area contributed by atoms with Gasteiger partial charge < -0.3 is 14.8 Å². The highest BCUT2D eigenvalue weighted by atomic mass is 35.5. The van der Waals surface area contributed by atoms with E-state index in [1.165, 1.54) is 6.07 Å². The highest BCUT2D eigenvalue weighted by molar-refractivity contribution is 6.30. The summed E-state index contributed by atoms with van der Waals surface area (Å²) in [6.07, 6.45) is -2.91. The van der Waals surface area contributed by atoms with E-state index in [2.05, 4.69) is 10.1 Å². The molecular weight excluding hydrogens is 402 g/mol. The highest BCUT2D eigenvalue weighted by Crippen LogP contribution is 2.37. The van der Waals surface area contributed by atoms with Gasteiger partial charge in [-0.15, -0.1) is 25.6 Å². The molecule has 0 atom stereocenters. The van der Waals surface area contributed by atoms with Crippen molar-refractivity contribution in [3.63, 3.8) is 0 Å². The van der Waals surface area contributed by atoms with Crippen LogP contribution in [0.4, 0.5) is 13.2 Å². The fraction of sp³-hybridized carbons (Fsp3) is 0.368. The minimum atomic E-state index is -4.77. The molecule has 1 fully saturated rings. The summed E-state index contributed by atoms with van der Waals surface area (Å²) in [6, 6.07) is 11.5. The molecule has 0 unspecified atom stereocenters. The van der Waals surface area contributed by atoms with E-state index in [-0.39, 0.29) is 23.9 Å². The average Bonchev–Trinajstić information content (AvgIpc) is 2.60. The Morgan fingerprint density at radius 3 is 2.37 bits per heavy atom. The van der Waals surface area contributed by atoms with E-state index in [9.17, 15) is 13.2 Å². The molecule has 2 aromatic carbocycles. The van der Waals surface area contributed by atoms with Crippen LogP contribution in [0.15, 0.2) is 42.5 Å². The summed E-state index contributed by atoms with van der Waals surface area (Å²) in [4.78, 5) is 0. The summed E-state index contributed by atoms with van der Waals surface area (Å²) in [6.45, 7) is 2.14. The van der Waals surface area contributed by atoms with E-state index in [0.29, 0.717) is 23.1 Å². The molecule has 0 spiro atoms. The van der Waals surface area contributed by atoms with Crippen LogP contribution < -0.4 is 14.8 Å². The maximum Gasteiger partial charge on any atom is 0.573 e. The zero-order chi connectivity index (χ0) is 18.6. The second-order valence-electron chi connectivity index (χ2n) is 6.22. The normalized spacial score (nSPS) is 15.1. The molecule has 3 nitrogen and oxygen atoms in total. The predicted octanol–water partition coefficient (Wildman–Crippen LogP) is 5.71. The molecular formula is C19H20Cl2F3NO2. The number of nitrogens with one attached hydrogen (secondary N) is 1. The molecule has 1 N–H and O–H groups in total. The molecule has 2 aromatic rings. The van der Waals surface area contributed by atoms with Crippen LogP contribution in [0.1, 0.15) is 12.8 Å². The Kier molecular flexibility index (Phi) is 7.65. The third-order valence-corrected chi connectivity index (χ3v) is 4.50. The molecule has 1 aliphatic rings.